The molecule has 4 rings (SSSR count). The summed E-state index contributed by atoms with van der Waals surface area (Å²) in [6, 6.07) is 14.7. The van der Waals surface area contributed by atoms with Gasteiger partial charge in [-0.15, -0.1) is 22.7 Å². The molecule has 1 atom stereocenters. The summed E-state index contributed by atoms with van der Waals surface area (Å²) in [6.07, 6.45) is 0.695. The van der Waals surface area contributed by atoms with Crippen molar-refractivity contribution in [1.29, 1.82) is 0 Å². The van der Waals surface area contributed by atoms with Gasteiger partial charge in [-0.25, -0.2) is 5.01 Å². The summed E-state index contributed by atoms with van der Waals surface area (Å²) in [4.78, 5) is 26.4. The van der Waals surface area contributed by atoms with Crippen molar-refractivity contribution in [2.24, 2.45) is 5.10 Å². The number of amides is 1. The summed E-state index contributed by atoms with van der Waals surface area (Å²) >= 11 is 3.25. The number of benzene rings is 1. The van der Waals surface area contributed by atoms with E-state index in [1.165, 1.54) is 6.92 Å². The third-order valence-electron chi connectivity index (χ3n) is 4.47. The quantitative estimate of drug-likeness (QED) is 0.550. The van der Waals surface area contributed by atoms with Crippen molar-refractivity contribution < 1.29 is 14.3 Å². The lowest BCUT2D eigenvalue weighted by molar-refractivity contribution is -0.135. The molecule has 1 aromatic carbocycles. The number of hydrogen-bond acceptors (Lipinski definition) is 6. The fraction of sp³-hybridized carbons (Fsp3) is 0.190. The number of rotatable bonds is 6. The minimum absolute atomic E-state index is 0.00562. The Morgan fingerprint density at radius 1 is 1.11 bits per heavy atom. The molecule has 0 aliphatic carbocycles. The first-order valence-electron chi connectivity index (χ1n) is 8.82. The molecule has 3 aromatic rings. The molecular weight excluding hydrogens is 392 g/mol. The van der Waals surface area contributed by atoms with Gasteiger partial charge in [0.25, 0.3) is 5.91 Å². The molecule has 0 radical (unpaired) electrons. The van der Waals surface area contributed by atoms with Gasteiger partial charge in [-0.05, 0) is 54.1 Å². The van der Waals surface area contributed by atoms with Gasteiger partial charge in [-0.2, -0.15) is 5.10 Å². The SMILES string of the molecule is CC(=O)c1ccc(OCC(=O)N2N=C(c3cccs3)C[C@@H]2c2cccs2)cc1. The lowest BCUT2D eigenvalue weighted by Crippen LogP contribution is -2.31. The minimum Gasteiger partial charge on any atom is -0.484 e. The third-order valence-corrected chi connectivity index (χ3v) is 6.36. The number of hydrogen-bond donors (Lipinski definition) is 0. The largest absolute Gasteiger partial charge is 0.484 e. The molecular formula is C21H18N2O3S2. The highest BCUT2D eigenvalue weighted by atomic mass is 32.1. The number of nitrogens with zero attached hydrogens (tertiary/aromatic N) is 2. The van der Waals surface area contributed by atoms with Gasteiger partial charge in [0, 0.05) is 16.9 Å². The number of ether oxygens (including phenoxy) is 1. The van der Waals surface area contributed by atoms with E-state index >= 15 is 0 Å². The molecule has 3 heterocycles. The Morgan fingerprint density at radius 2 is 1.86 bits per heavy atom. The predicted octanol–water partition coefficient (Wildman–Crippen LogP) is 4.77. The number of Topliss-reactive ketones (excluding diaryl/α,β-unsaturated/α-hetero) is 1. The predicted molar refractivity (Wildman–Crippen MR) is 111 cm³/mol. The van der Waals surface area contributed by atoms with Crippen LogP contribution >= 0.6 is 22.7 Å². The van der Waals surface area contributed by atoms with Crippen LogP contribution in [0.1, 0.15) is 39.5 Å². The van der Waals surface area contributed by atoms with E-state index in [1.807, 2.05) is 35.0 Å². The minimum atomic E-state index is -0.194. The second-order valence-corrected chi connectivity index (χ2v) is 8.29. The van der Waals surface area contributed by atoms with E-state index < -0.39 is 0 Å². The van der Waals surface area contributed by atoms with Crippen molar-refractivity contribution in [2.75, 3.05) is 6.61 Å². The van der Waals surface area contributed by atoms with E-state index in [2.05, 4.69) is 5.10 Å². The molecule has 1 aliphatic rings. The molecule has 0 saturated carbocycles. The molecule has 142 valence electrons. The van der Waals surface area contributed by atoms with Crippen LogP contribution in [0.3, 0.4) is 0 Å². The summed E-state index contributed by atoms with van der Waals surface area (Å²) in [5.74, 6) is 0.349. The zero-order valence-electron chi connectivity index (χ0n) is 15.2. The molecule has 7 heteroatoms. The Kier molecular flexibility index (Phi) is 5.36. The molecule has 0 N–H and O–H groups in total. The van der Waals surface area contributed by atoms with Gasteiger partial charge in [-0.1, -0.05) is 12.1 Å². The van der Waals surface area contributed by atoms with Crippen LogP contribution in [-0.2, 0) is 4.79 Å². The van der Waals surface area contributed by atoms with E-state index in [0.717, 1.165) is 15.5 Å². The highest BCUT2D eigenvalue weighted by Crippen LogP contribution is 2.35. The highest BCUT2D eigenvalue weighted by molar-refractivity contribution is 7.12. The van der Waals surface area contributed by atoms with Gasteiger partial charge >= 0.3 is 0 Å². The summed E-state index contributed by atoms with van der Waals surface area (Å²) in [7, 11) is 0. The van der Waals surface area contributed by atoms with Crippen molar-refractivity contribution in [3.63, 3.8) is 0 Å². The zero-order valence-corrected chi connectivity index (χ0v) is 16.8. The second kappa shape index (κ2) is 8.08. The molecule has 0 bridgehead atoms. The topological polar surface area (TPSA) is 59.0 Å². The van der Waals surface area contributed by atoms with Crippen molar-refractivity contribution >= 4 is 40.1 Å². The first-order valence-corrected chi connectivity index (χ1v) is 10.6. The summed E-state index contributed by atoms with van der Waals surface area (Å²) in [5.41, 5.74) is 1.54. The standard InChI is InChI=1S/C21H18N2O3S2/c1-14(24)15-6-8-16(9-7-15)26-13-21(25)23-18(20-5-3-11-28-20)12-17(22-23)19-4-2-10-27-19/h2-11,18H,12-13H2,1H3/t18-/m1/s1. The van der Waals surface area contributed by atoms with E-state index in [1.54, 1.807) is 51.9 Å². The van der Waals surface area contributed by atoms with E-state index in [4.69, 9.17) is 4.74 Å². The average Bonchev–Trinajstić information content (AvgIpc) is 3.46. The molecule has 5 nitrogen and oxygen atoms in total. The highest BCUT2D eigenvalue weighted by Gasteiger charge is 2.34. The van der Waals surface area contributed by atoms with Crippen LogP contribution in [0, 0.1) is 0 Å². The summed E-state index contributed by atoms with van der Waals surface area (Å²) in [6.45, 7) is 1.41. The Balaban J connectivity index is 1.49. The number of carbonyl (C=O) groups is 2. The van der Waals surface area contributed by atoms with E-state index in [-0.39, 0.29) is 24.3 Å². The van der Waals surface area contributed by atoms with Crippen molar-refractivity contribution in [3.8, 4) is 5.75 Å². The molecule has 1 aliphatic heterocycles. The molecule has 2 aromatic heterocycles. The summed E-state index contributed by atoms with van der Waals surface area (Å²) in [5, 5.41) is 10.2. The third kappa shape index (κ3) is 3.90. The van der Waals surface area contributed by atoms with Crippen LogP contribution in [0.4, 0.5) is 0 Å². The maximum Gasteiger partial charge on any atom is 0.281 e. The first-order chi connectivity index (χ1) is 13.6. The fourth-order valence-corrected chi connectivity index (χ4v) is 4.56. The lowest BCUT2D eigenvalue weighted by atomic mass is 10.1. The fourth-order valence-electron chi connectivity index (χ4n) is 3.03. The summed E-state index contributed by atoms with van der Waals surface area (Å²) < 4.78 is 5.64. The maximum absolute atomic E-state index is 12.9. The molecule has 28 heavy (non-hydrogen) atoms. The molecule has 0 saturated heterocycles. The van der Waals surface area contributed by atoms with Crippen LogP contribution in [0.5, 0.6) is 5.75 Å². The van der Waals surface area contributed by atoms with Crippen molar-refractivity contribution in [3.05, 3.63) is 74.6 Å². The van der Waals surface area contributed by atoms with Crippen molar-refractivity contribution in [2.45, 2.75) is 19.4 Å². The number of carbonyl (C=O) groups excluding carboxylic acids is 2. The van der Waals surface area contributed by atoms with Gasteiger partial charge in [0.1, 0.15) is 5.75 Å². The first kappa shape index (κ1) is 18.6. The van der Waals surface area contributed by atoms with Gasteiger partial charge in [0.2, 0.25) is 0 Å². The van der Waals surface area contributed by atoms with Gasteiger partial charge < -0.3 is 4.74 Å². The van der Waals surface area contributed by atoms with E-state index in [0.29, 0.717) is 17.7 Å². The number of ketones is 1. The average molecular weight is 411 g/mol. The lowest BCUT2D eigenvalue weighted by Gasteiger charge is -2.20. The molecule has 0 unspecified atom stereocenters. The van der Waals surface area contributed by atoms with Crippen LogP contribution in [0.15, 0.2) is 64.4 Å². The monoisotopic (exact) mass is 410 g/mol. The van der Waals surface area contributed by atoms with Gasteiger partial charge in [0.15, 0.2) is 12.4 Å². The normalized spacial score (nSPS) is 16.1. The Labute approximate surface area is 170 Å². The Hall–Kier alpha value is -2.77. The van der Waals surface area contributed by atoms with Crippen molar-refractivity contribution in [1.82, 2.24) is 5.01 Å². The zero-order chi connectivity index (χ0) is 19.5. The van der Waals surface area contributed by atoms with Crippen LogP contribution < -0.4 is 4.74 Å². The molecule has 0 fully saturated rings. The van der Waals surface area contributed by atoms with Crippen LogP contribution in [0.25, 0.3) is 0 Å². The van der Waals surface area contributed by atoms with E-state index in [9.17, 15) is 9.59 Å². The van der Waals surface area contributed by atoms with Gasteiger partial charge in [0.05, 0.1) is 16.6 Å². The smallest absolute Gasteiger partial charge is 0.281 e. The van der Waals surface area contributed by atoms with Crippen LogP contribution in [-0.4, -0.2) is 29.0 Å². The van der Waals surface area contributed by atoms with Crippen LogP contribution in [0.2, 0.25) is 0 Å². The molecule has 0 spiro atoms. The number of hydrazone groups is 1. The Morgan fingerprint density at radius 3 is 2.50 bits per heavy atom. The Bertz CT molecular complexity index is 993. The second-order valence-electron chi connectivity index (χ2n) is 6.37. The molecule has 1 amide bonds. The van der Waals surface area contributed by atoms with Gasteiger partial charge in [-0.3, -0.25) is 9.59 Å². The maximum atomic E-state index is 12.9. The number of thiophene rings is 2.